The smallest absolute Gasteiger partial charge is 0.257 e. The van der Waals surface area contributed by atoms with E-state index >= 15 is 0 Å². The number of aromatic nitrogens is 3. The maximum Gasteiger partial charge on any atom is 0.257 e. The minimum Gasteiger partial charge on any atom is -0.343 e. The molecule has 0 saturated carbocycles. The Morgan fingerprint density at radius 2 is 2.05 bits per heavy atom. The Hall–Kier alpha value is -3.20. The van der Waals surface area contributed by atoms with Crippen molar-refractivity contribution in [1.82, 2.24) is 15.0 Å². The van der Waals surface area contributed by atoms with Crippen molar-refractivity contribution in [1.29, 1.82) is 5.26 Å². The topological polar surface area (TPSA) is 94.5 Å². The first kappa shape index (κ1) is 11.9. The van der Waals surface area contributed by atoms with Gasteiger partial charge in [-0.05, 0) is 30.3 Å². The van der Waals surface area contributed by atoms with Gasteiger partial charge in [-0.1, -0.05) is 0 Å². The van der Waals surface area contributed by atoms with Gasteiger partial charge in [-0.25, -0.2) is 9.97 Å². The molecule has 0 fully saturated rings. The third-order valence-electron chi connectivity index (χ3n) is 2.81. The van der Waals surface area contributed by atoms with Crippen molar-refractivity contribution in [2.75, 3.05) is 5.32 Å². The monoisotopic (exact) mass is 263 g/mol. The zero-order valence-corrected chi connectivity index (χ0v) is 10.3. The predicted octanol–water partition coefficient (Wildman–Crippen LogP) is 2.08. The summed E-state index contributed by atoms with van der Waals surface area (Å²) in [5, 5.41) is 11.5. The summed E-state index contributed by atoms with van der Waals surface area (Å²) in [7, 11) is 0. The number of fused-ring (bicyclic) bond motifs is 1. The van der Waals surface area contributed by atoms with Crippen LogP contribution in [0.3, 0.4) is 0 Å². The van der Waals surface area contributed by atoms with Crippen molar-refractivity contribution in [2.45, 2.75) is 0 Å². The van der Waals surface area contributed by atoms with Crippen molar-refractivity contribution >= 4 is 22.8 Å². The molecule has 0 atom stereocenters. The number of carbonyl (C=O) groups excluding carboxylic acids is 1. The van der Waals surface area contributed by atoms with E-state index in [1.54, 1.807) is 30.3 Å². The third-order valence-corrected chi connectivity index (χ3v) is 2.81. The molecule has 0 aliphatic heterocycles. The summed E-state index contributed by atoms with van der Waals surface area (Å²) < 4.78 is 0. The van der Waals surface area contributed by atoms with Crippen LogP contribution in [-0.4, -0.2) is 20.9 Å². The molecule has 3 rings (SSSR count). The van der Waals surface area contributed by atoms with Gasteiger partial charge in [-0.15, -0.1) is 0 Å². The normalized spacial score (nSPS) is 10.2. The SMILES string of the molecule is N#Cc1ccc(NC(=O)c2cnc3nc[nH]c3c2)cc1. The number of anilines is 1. The number of nitrogens with zero attached hydrogens (tertiary/aromatic N) is 3. The minimum absolute atomic E-state index is 0.265. The summed E-state index contributed by atoms with van der Waals surface area (Å²) in [6.07, 6.45) is 3.00. The van der Waals surface area contributed by atoms with Crippen molar-refractivity contribution < 1.29 is 4.79 Å². The van der Waals surface area contributed by atoms with Crippen LogP contribution in [-0.2, 0) is 0 Å². The molecular weight excluding hydrogens is 254 g/mol. The number of carbonyl (C=O) groups is 1. The highest BCUT2D eigenvalue weighted by atomic mass is 16.1. The van der Waals surface area contributed by atoms with Crippen LogP contribution in [0.1, 0.15) is 15.9 Å². The molecule has 3 aromatic rings. The second kappa shape index (κ2) is 4.82. The number of hydrogen-bond donors (Lipinski definition) is 2. The molecule has 0 bridgehead atoms. The number of benzene rings is 1. The third kappa shape index (κ3) is 2.20. The van der Waals surface area contributed by atoms with Gasteiger partial charge in [0.05, 0.1) is 29.0 Å². The van der Waals surface area contributed by atoms with Gasteiger partial charge in [0.1, 0.15) is 0 Å². The van der Waals surface area contributed by atoms with E-state index in [2.05, 4.69) is 20.3 Å². The zero-order chi connectivity index (χ0) is 13.9. The summed E-state index contributed by atoms with van der Waals surface area (Å²) in [5.74, 6) is -0.265. The standard InChI is InChI=1S/C14H9N5O/c15-6-9-1-3-11(4-2-9)19-14(20)10-5-12-13(16-7-10)18-8-17-12/h1-5,7-8H,(H,19,20)(H,16,17,18). The lowest BCUT2D eigenvalue weighted by atomic mass is 10.2. The average molecular weight is 263 g/mol. The van der Waals surface area contributed by atoms with E-state index < -0.39 is 0 Å². The first-order valence-electron chi connectivity index (χ1n) is 5.87. The van der Waals surface area contributed by atoms with Gasteiger partial charge < -0.3 is 10.3 Å². The number of nitrogens with one attached hydrogen (secondary N) is 2. The Morgan fingerprint density at radius 3 is 2.80 bits per heavy atom. The fourth-order valence-electron chi connectivity index (χ4n) is 1.79. The van der Waals surface area contributed by atoms with Gasteiger partial charge in [0, 0.05) is 11.9 Å². The predicted molar refractivity (Wildman–Crippen MR) is 73.0 cm³/mol. The molecule has 6 heteroatoms. The Kier molecular flexibility index (Phi) is 2.86. The van der Waals surface area contributed by atoms with Gasteiger partial charge in [-0.3, -0.25) is 4.79 Å². The molecule has 0 unspecified atom stereocenters. The molecule has 2 N–H and O–H groups in total. The van der Waals surface area contributed by atoms with Crippen LogP contribution >= 0.6 is 0 Å². The Morgan fingerprint density at radius 1 is 1.25 bits per heavy atom. The molecule has 20 heavy (non-hydrogen) atoms. The molecule has 0 aliphatic rings. The molecule has 2 aromatic heterocycles. The summed E-state index contributed by atoms with van der Waals surface area (Å²) in [4.78, 5) is 23.1. The summed E-state index contributed by atoms with van der Waals surface area (Å²) in [6, 6.07) is 10.4. The van der Waals surface area contributed by atoms with Gasteiger partial charge in [0.15, 0.2) is 5.65 Å². The molecule has 0 spiro atoms. The van der Waals surface area contributed by atoms with Crippen LogP contribution in [0.15, 0.2) is 42.9 Å². The second-order valence-electron chi connectivity index (χ2n) is 4.14. The fraction of sp³-hybridized carbons (Fsp3) is 0. The van der Waals surface area contributed by atoms with E-state index in [4.69, 9.17) is 5.26 Å². The van der Waals surface area contributed by atoms with Crippen LogP contribution in [0, 0.1) is 11.3 Å². The lowest BCUT2D eigenvalue weighted by molar-refractivity contribution is 0.102. The van der Waals surface area contributed by atoms with Gasteiger partial charge >= 0.3 is 0 Å². The van der Waals surface area contributed by atoms with E-state index in [0.717, 1.165) is 0 Å². The number of rotatable bonds is 2. The Bertz CT molecular complexity index is 813. The van der Waals surface area contributed by atoms with E-state index in [-0.39, 0.29) is 5.91 Å². The number of hydrogen-bond acceptors (Lipinski definition) is 4. The number of H-pyrrole nitrogens is 1. The summed E-state index contributed by atoms with van der Waals surface area (Å²) in [5.41, 5.74) is 2.88. The lowest BCUT2D eigenvalue weighted by Gasteiger charge is -2.04. The zero-order valence-electron chi connectivity index (χ0n) is 10.3. The first-order valence-corrected chi connectivity index (χ1v) is 5.87. The van der Waals surface area contributed by atoms with Gasteiger partial charge in [-0.2, -0.15) is 5.26 Å². The lowest BCUT2D eigenvalue weighted by Crippen LogP contribution is -2.12. The quantitative estimate of drug-likeness (QED) is 0.740. The maximum absolute atomic E-state index is 12.1. The Labute approximate surface area is 114 Å². The highest BCUT2D eigenvalue weighted by Gasteiger charge is 2.08. The summed E-state index contributed by atoms with van der Waals surface area (Å²) in [6.45, 7) is 0. The Balaban J connectivity index is 1.82. The van der Waals surface area contributed by atoms with Crippen molar-refractivity contribution in [3.05, 3.63) is 54.0 Å². The molecule has 0 aliphatic carbocycles. The highest BCUT2D eigenvalue weighted by Crippen LogP contribution is 2.13. The number of nitriles is 1. The van der Waals surface area contributed by atoms with Gasteiger partial charge in [0.25, 0.3) is 5.91 Å². The van der Waals surface area contributed by atoms with Crippen LogP contribution in [0.2, 0.25) is 0 Å². The molecule has 0 saturated heterocycles. The molecule has 1 amide bonds. The van der Waals surface area contributed by atoms with Crippen molar-refractivity contribution in [3.8, 4) is 6.07 Å². The second-order valence-corrected chi connectivity index (χ2v) is 4.14. The molecule has 6 nitrogen and oxygen atoms in total. The summed E-state index contributed by atoms with van der Waals surface area (Å²) >= 11 is 0. The van der Waals surface area contributed by atoms with E-state index in [0.29, 0.717) is 28.0 Å². The molecule has 0 radical (unpaired) electrons. The molecule has 1 aromatic carbocycles. The van der Waals surface area contributed by atoms with Crippen molar-refractivity contribution in [3.63, 3.8) is 0 Å². The number of pyridine rings is 1. The first-order chi connectivity index (χ1) is 9.76. The highest BCUT2D eigenvalue weighted by molar-refractivity contribution is 6.05. The van der Waals surface area contributed by atoms with Crippen LogP contribution in [0.5, 0.6) is 0 Å². The largest absolute Gasteiger partial charge is 0.343 e. The van der Waals surface area contributed by atoms with Gasteiger partial charge in [0.2, 0.25) is 0 Å². The van der Waals surface area contributed by atoms with Crippen LogP contribution in [0.4, 0.5) is 5.69 Å². The minimum atomic E-state index is -0.265. The van der Waals surface area contributed by atoms with E-state index in [1.165, 1.54) is 12.5 Å². The number of aromatic amines is 1. The number of imidazole rings is 1. The van der Waals surface area contributed by atoms with E-state index in [9.17, 15) is 4.79 Å². The molecular formula is C14H9N5O. The maximum atomic E-state index is 12.1. The van der Waals surface area contributed by atoms with Crippen molar-refractivity contribution in [2.24, 2.45) is 0 Å². The average Bonchev–Trinajstić information content (AvgIpc) is 2.95. The molecule has 96 valence electrons. The van der Waals surface area contributed by atoms with E-state index in [1.807, 2.05) is 6.07 Å². The fourth-order valence-corrected chi connectivity index (χ4v) is 1.79. The van der Waals surface area contributed by atoms with Crippen LogP contribution < -0.4 is 5.32 Å². The molecule has 2 heterocycles. The number of amides is 1. The van der Waals surface area contributed by atoms with Crippen LogP contribution in [0.25, 0.3) is 11.2 Å².